The Bertz CT molecular complexity index is 412. The zero-order valence-electron chi connectivity index (χ0n) is 11.0. The molecule has 0 aliphatic heterocycles. The van der Waals surface area contributed by atoms with Gasteiger partial charge in [0.15, 0.2) is 0 Å². The molecule has 1 heterocycles. The lowest BCUT2D eigenvalue weighted by atomic mass is 10.1. The molecule has 0 radical (unpaired) electrons. The monoisotopic (exact) mass is 265 g/mol. The Kier molecular flexibility index (Phi) is 6.53. The summed E-state index contributed by atoms with van der Waals surface area (Å²) in [5, 5.41) is 12.6. The summed E-state index contributed by atoms with van der Waals surface area (Å²) in [7, 11) is 0. The quantitative estimate of drug-likeness (QED) is 0.745. The Labute approximate surface area is 114 Å². The van der Waals surface area contributed by atoms with E-state index in [1.807, 2.05) is 0 Å². The topological polar surface area (TPSA) is 48.7 Å². The van der Waals surface area contributed by atoms with Gasteiger partial charge in [-0.15, -0.1) is 0 Å². The molecule has 3 nitrogen and oxygen atoms in total. The number of pyridine rings is 1. The number of aromatic nitrogens is 1. The fraction of sp³-hybridized carbons (Fsp3) is 0.571. The van der Waals surface area contributed by atoms with Crippen molar-refractivity contribution in [2.45, 2.75) is 52.0 Å². The van der Waals surface area contributed by atoms with Gasteiger partial charge in [-0.05, 0) is 19.4 Å². The van der Waals surface area contributed by atoms with Crippen LogP contribution in [0.25, 0.3) is 0 Å². The van der Waals surface area contributed by atoms with Crippen LogP contribution in [-0.2, 0) is 0 Å². The number of rotatable bonds is 7. The van der Waals surface area contributed by atoms with Crippen LogP contribution in [0.1, 0.15) is 51.5 Å². The van der Waals surface area contributed by atoms with Crippen molar-refractivity contribution in [3.8, 4) is 6.07 Å². The molecule has 1 aromatic heterocycles. The molecule has 0 saturated carbocycles. The number of anilines is 1. The van der Waals surface area contributed by atoms with Gasteiger partial charge >= 0.3 is 0 Å². The van der Waals surface area contributed by atoms with Crippen molar-refractivity contribution >= 4 is 17.4 Å². The molecule has 1 atom stereocenters. The first kappa shape index (κ1) is 14.8. The molecule has 0 saturated heterocycles. The minimum atomic E-state index is 0.320. The van der Waals surface area contributed by atoms with Crippen LogP contribution in [0.15, 0.2) is 12.3 Å². The van der Waals surface area contributed by atoms with Gasteiger partial charge in [0.05, 0.1) is 5.56 Å². The third kappa shape index (κ3) is 4.54. The maximum atomic E-state index is 8.89. The van der Waals surface area contributed by atoms with Crippen LogP contribution < -0.4 is 5.32 Å². The first-order valence-electron chi connectivity index (χ1n) is 6.50. The van der Waals surface area contributed by atoms with Gasteiger partial charge in [0.1, 0.15) is 16.9 Å². The molecule has 0 aliphatic carbocycles. The summed E-state index contributed by atoms with van der Waals surface area (Å²) in [5.41, 5.74) is 0.465. The molecule has 0 aromatic carbocycles. The van der Waals surface area contributed by atoms with Gasteiger partial charge in [0.2, 0.25) is 0 Å². The van der Waals surface area contributed by atoms with E-state index in [1.165, 1.54) is 25.7 Å². The minimum absolute atomic E-state index is 0.320. The predicted molar refractivity (Wildman–Crippen MR) is 75.8 cm³/mol. The van der Waals surface area contributed by atoms with Crippen molar-refractivity contribution in [3.63, 3.8) is 0 Å². The van der Waals surface area contributed by atoms with Crippen molar-refractivity contribution < 1.29 is 0 Å². The second kappa shape index (κ2) is 7.94. The largest absolute Gasteiger partial charge is 0.366 e. The van der Waals surface area contributed by atoms with Crippen LogP contribution in [0.3, 0.4) is 0 Å². The average molecular weight is 266 g/mol. The van der Waals surface area contributed by atoms with E-state index in [9.17, 15) is 0 Å². The second-order valence-corrected chi connectivity index (χ2v) is 4.91. The van der Waals surface area contributed by atoms with E-state index in [0.29, 0.717) is 22.4 Å². The first-order chi connectivity index (χ1) is 8.69. The molecule has 98 valence electrons. The fourth-order valence-corrected chi connectivity index (χ4v) is 2.02. The van der Waals surface area contributed by atoms with E-state index in [1.54, 1.807) is 12.3 Å². The highest BCUT2D eigenvalue weighted by Crippen LogP contribution is 2.24. The molecule has 0 amide bonds. The van der Waals surface area contributed by atoms with E-state index < -0.39 is 0 Å². The molecule has 0 fully saturated rings. The molecular formula is C14H20ClN3. The summed E-state index contributed by atoms with van der Waals surface area (Å²) in [5.74, 6) is 0.610. The average Bonchev–Trinajstić information content (AvgIpc) is 2.37. The number of nitriles is 1. The third-order valence-electron chi connectivity index (χ3n) is 2.88. The highest BCUT2D eigenvalue weighted by molar-refractivity contribution is 6.34. The van der Waals surface area contributed by atoms with Gasteiger partial charge in [-0.2, -0.15) is 5.26 Å². The number of unbranched alkanes of at least 4 members (excludes halogenated alkanes) is 3. The van der Waals surface area contributed by atoms with Crippen molar-refractivity contribution in [2.75, 3.05) is 5.32 Å². The Morgan fingerprint density at radius 2 is 2.22 bits per heavy atom. The van der Waals surface area contributed by atoms with E-state index in [0.717, 1.165) is 6.42 Å². The zero-order chi connectivity index (χ0) is 13.4. The molecule has 1 aromatic rings. The van der Waals surface area contributed by atoms with Crippen molar-refractivity contribution in [1.82, 2.24) is 4.98 Å². The highest BCUT2D eigenvalue weighted by Gasteiger charge is 2.09. The van der Waals surface area contributed by atoms with E-state index >= 15 is 0 Å². The standard InChI is InChI=1S/C14H20ClN3/c1-3-4-5-6-7-11(2)18-14-13(15)12(10-16)8-9-17-14/h8-9,11H,3-7H2,1-2H3,(H,17,18). The van der Waals surface area contributed by atoms with Crippen LogP contribution in [0, 0.1) is 11.3 Å². The summed E-state index contributed by atoms with van der Waals surface area (Å²) >= 11 is 6.09. The van der Waals surface area contributed by atoms with Gasteiger partial charge in [0, 0.05) is 12.2 Å². The van der Waals surface area contributed by atoms with Gasteiger partial charge in [0.25, 0.3) is 0 Å². The Balaban J connectivity index is 2.49. The lowest BCUT2D eigenvalue weighted by Crippen LogP contribution is -2.16. The number of hydrogen-bond donors (Lipinski definition) is 1. The van der Waals surface area contributed by atoms with E-state index in [4.69, 9.17) is 16.9 Å². The van der Waals surface area contributed by atoms with E-state index in [2.05, 4.69) is 30.2 Å². The smallest absolute Gasteiger partial charge is 0.146 e. The van der Waals surface area contributed by atoms with Crippen LogP contribution in [0.2, 0.25) is 5.02 Å². The van der Waals surface area contributed by atoms with Crippen molar-refractivity contribution in [2.24, 2.45) is 0 Å². The number of nitrogens with one attached hydrogen (secondary N) is 1. The molecule has 4 heteroatoms. The third-order valence-corrected chi connectivity index (χ3v) is 3.27. The zero-order valence-corrected chi connectivity index (χ0v) is 11.8. The van der Waals surface area contributed by atoms with Gasteiger partial charge < -0.3 is 5.32 Å². The normalized spacial score (nSPS) is 11.9. The summed E-state index contributed by atoms with van der Waals surface area (Å²) in [6.07, 6.45) is 7.71. The van der Waals surface area contributed by atoms with Crippen molar-refractivity contribution in [3.05, 3.63) is 22.8 Å². The Hall–Kier alpha value is -1.27. The van der Waals surface area contributed by atoms with Crippen LogP contribution in [0.5, 0.6) is 0 Å². The molecule has 1 rings (SSSR count). The predicted octanol–water partition coefficient (Wildman–Crippen LogP) is 4.38. The Morgan fingerprint density at radius 3 is 2.89 bits per heavy atom. The first-order valence-corrected chi connectivity index (χ1v) is 6.88. The highest BCUT2D eigenvalue weighted by atomic mass is 35.5. The molecule has 18 heavy (non-hydrogen) atoms. The summed E-state index contributed by atoms with van der Waals surface area (Å²) < 4.78 is 0. The summed E-state index contributed by atoms with van der Waals surface area (Å²) in [6.45, 7) is 4.32. The van der Waals surface area contributed by atoms with Crippen molar-refractivity contribution in [1.29, 1.82) is 5.26 Å². The molecule has 1 unspecified atom stereocenters. The van der Waals surface area contributed by atoms with Gasteiger partial charge in [-0.3, -0.25) is 0 Å². The van der Waals surface area contributed by atoms with Crippen LogP contribution >= 0.6 is 11.6 Å². The molecule has 0 bridgehead atoms. The lowest BCUT2D eigenvalue weighted by molar-refractivity contribution is 0.593. The number of hydrogen-bond acceptors (Lipinski definition) is 3. The maximum Gasteiger partial charge on any atom is 0.146 e. The SMILES string of the molecule is CCCCCCC(C)Nc1nccc(C#N)c1Cl. The second-order valence-electron chi connectivity index (χ2n) is 4.53. The van der Waals surface area contributed by atoms with E-state index in [-0.39, 0.29) is 0 Å². The van der Waals surface area contributed by atoms with Gasteiger partial charge in [-0.25, -0.2) is 4.98 Å². The summed E-state index contributed by atoms with van der Waals surface area (Å²) in [4.78, 5) is 4.18. The molecule has 1 N–H and O–H groups in total. The maximum absolute atomic E-state index is 8.89. The number of halogens is 1. The minimum Gasteiger partial charge on any atom is -0.366 e. The fourth-order valence-electron chi connectivity index (χ4n) is 1.81. The van der Waals surface area contributed by atoms with Crippen LogP contribution in [0.4, 0.5) is 5.82 Å². The Morgan fingerprint density at radius 1 is 1.44 bits per heavy atom. The molecule has 0 spiro atoms. The van der Waals surface area contributed by atoms with Crippen LogP contribution in [-0.4, -0.2) is 11.0 Å². The molecular weight excluding hydrogens is 246 g/mol. The lowest BCUT2D eigenvalue weighted by Gasteiger charge is -2.15. The number of nitrogens with zero attached hydrogens (tertiary/aromatic N) is 2. The van der Waals surface area contributed by atoms with Gasteiger partial charge in [-0.1, -0.05) is 44.2 Å². The summed E-state index contributed by atoms with van der Waals surface area (Å²) in [6, 6.07) is 4.00. The molecule has 0 aliphatic rings.